The largest absolute Gasteiger partial charge is 0.398 e. The Bertz CT molecular complexity index is 1700. The van der Waals surface area contributed by atoms with Gasteiger partial charge in [0.05, 0.1) is 46.0 Å². The molecule has 1 fully saturated rings. The monoisotopic (exact) mass is 601 g/mol. The van der Waals surface area contributed by atoms with Crippen LogP contribution in [-0.2, 0) is 9.59 Å². The molecule has 5 rings (SSSR count). The molecule has 12 nitrogen and oxygen atoms in total. The highest BCUT2D eigenvalue weighted by molar-refractivity contribution is 6.38. The van der Waals surface area contributed by atoms with Gasteiger partial charge in [-0.15, -0.1) is 0 Å². The zero-order valence-electron chi connectivity index (χ0n) is 24.0. The number of aromatic nitrogens is 2. The number of carbonyl (C=O) groups excluding carboxylic acids is 2. The van der Waals surface area contributed by atoms with Crippen LogP contribution in [0.4, 0.5) is 22.9 Å². The van der Waals surface area contributed by atoms with Gasteiger partial charge in [-0.2, -0.15) is 0 Å². The Morgan fingerprint density at radius 2 is 2.02 bits per heavy atom. The summed E-state index contributed by atoms with van der Waals surface area (Å²) in [4.78, 5) is 38.5. The van der Waals surface area contributed by atoms with Gasteiger partial charge in [-0.1, -0.05) is 24.2 Å². The van der Waals surface area contributed by atoms with Gasteiger partial charge >= 0.3 is 0 Å². The van der Waals surface area contributed by atoms with Gasteiger partial charge in [-0.25, -0.2) is 4.98 Å². The van der Waals surface area contributed by atoms with Crippen molar-refractivity contribution in [1.29, 1.82) is 10.8 Å². The summed E-state index contributed by atoms with van der Waals surface area (Å²) in [6.07, 6.45) is 2.99. The van der Waals surface area contributed by atoms with E-state index >= 15 is 0 Å². The maximum absolute atomic E-state index is 13.7. The number of benzene rings is 1. The van der Waals surface area contributed by atoms with E-state index in [1.54, 1.807) is 36.2 Å². The van der Waals surface area contributed by atoms with Gasteiger partial charge in [0.25, 0.3) is 0 Å². The molecule has 1 saturated heterocycles. The number of nitrogens with one attached hydrogen (secondary N) is 4. The molecule has 0 spiro atoms. The van der Waals surface area contributed by atoms with Gasteiger partial charge in [0.1, 0.15) is 17.7 Å². The Morgan fingerprint density at radius 1 is 1.28 bits per heavy atom. The van der Waals surface area contributed by atoms with Crippen LogP contribution in [0.1, 0.15) is 41.0 Å². The minimum atomic E-state index is -0.924. The summed E-state index contributed by atoms with van der Waals surface area (Å²) in [6, 6.07) is 4.38. The summed E-state index contributed by atoms with van der Waals surface area (Å²) in [7, 11) is 0. The molecule has 43 heavy (non-hydrogen) atoms. The van der Waals surface area contributed by atoms with Crippen molar-refractivity contribution < 1.29 is 14.7 Å². The fourth-order valence-corrected chi connectivity index (χ4v) is 5.79. The second-order valence-corrected chi connectivity index (χ2v) is 10.9. The molecule has 13 heteroatoms. The molecule has 2 amide bonds. The number of aliphatic hydroxyl groups excluding tert-OH is 1. The maximum atomic E-state index is 13.7. The smallest absolute Gasteiger partial charge is 0.249 e. The normalized spacial score (nSPS) is 16.9. The minimum Gasteiger partial charge on any atom is -0.398 e. The molecule has 4 heterocycles. The van der Waals surface area contributed by atoms with E-state index in [-0.39, 0.29) is 59.2 Å². The summed E-state index contributed by atoms with van der Waals surface area (Å²) in [5.74, 6) is -0.599. The summed E-state index contributed by atoms with van der Waals surface area (Å²) in [5.41, 5.74) is 10.4. The second kappa shape index (κ2) is 11.5. The number of nitrogens with zero attached hydrogens (tertiary/aromatic N) is 4. The summed E-state index contributed by atoms with van der Waals surface area (Å²) < 4.78 is 0. The lowest BCUT2D eigenvalue weighted by Gasteiger charge is -2.40. The number of nitrogens with two attached hydrogens (primary N) is 1. The van der Waals surface area contributed by atoms with Crippen molar-refractivity contribution in [3.63, 3.8) is 0 Å². The van der Waals surface area contributed by atoms with Gasteiger partial charge in [0, 0.05) is 42.3 Å². The molecule has 0 bridgehead atoms. The van der Waals surface area contributed by atoms with Gasteiger partial charge in [0.15, 0.2) is 0 Å². The molecule has 0 saturated carbocycles. The summed E-state index contributed by atoms with van der Waals surface area (Å²) in [6.45, 7) is 9.38. The number of hydrogen-bond donors (Lipinski definition) is 6. The Hall–Kier alpha value is -4.81. The highest BCUT2D eigenvalue weighted by Crippen LogP contribution is 2.44. The molecule has 0 radical (unpaired) electrons. The zero-order valence-corrected chi connectivity index (χ0v) is 24.7. The number of hydrogen-bond acceptors (Lipinski definition) is 9. The minimum absolute atomic E-state index is 0.0239. The molecule has 0 aliphatic carbocycles. The molecular weight excluding hydrogens is 570 g/mol. The first-order valence-corrected chi connectivity index (χ1v) is 14.0. The number of rotatable bonds is 6. The van der Waals surface area contributed by atoms with Crippen molar-refractivity contribution in [3.8, 4) is 11.3 Å². The molecule has 2 atom stereocenters. The average Bonchev–Trinajstić information content (AvgIpc) is 3.10. The lowest BCUT2D eigenvalue weighted by molar-refractivity contribution is -0.130. The molecule has 2 aromatic heterocycles. The SMILES string of the molecule is C=CC(=O)N1CCN2C(=N)c3c(Nc4c(C)ccnc4C(C)O)nc(-c4c(C)ccc(N)c4C=N)c(Cl)c3NC(=O)C2C1. The topological polar surface area (TPSA) is 184 Å². The van der Waals surface area contributed by atoms with Crippen LogP contribution in [0, 0.1) is 24.7 Å². The second-order valence-electron chi connectivity index (χ2n) is 10.5. The van der Waals surface area contributed by atoms with E-state index in [0.717, 1.165) is 17.3 Å². The van der Waals surface area contributed by atoms with Crippen molar-refractivity contribution >= 4 is 58.3 Å². The standard InChI is InChI=1S/C30H32ClN9O3/c1-5-20(42)39-10-11-40-19(13-39)30(43)38-27-22(28(40)34)29(36-24-15(3)8-9-35-25(24)16(4)41)37-26(23(27)31)21-14(2)6-7-18(33)17(21)12-32/h5-9,12,16,19,32,34,41H,1,10-11,13,33H2,2-4H3,(H,36,37)(H,38,43). The van der Waals surface area contributed by atoms with Gasteiger partial charge in [0.2, 0.25) is 11.8 Å². The van der Waals surface area contributed by atoms with Crippen molar-refractivity contribution in [2.45, 2.75) is 32.9 Å². The fourth-order valence-electron chi connectivity index (χ4n) is 5.51. The number of aliphatic hydroxyl groups is 1. The number of amides is 2. The lowest BCUT2D eigenvalue weighted by atomic mass is 9.96. The van der Waals surface area contributed by atoms with Gasteiger partial charge in [-0.3, -0.25) is 20.0 Å². The third-order valence-corrected chi connectivity index (χ3v) is 8.14. The predicted octanol–water partition coefficient (Wildman–Crippen LogP) is 3.77. The number of piperazine rings is 1. The van der Waals surface area contributed by atoms with Crippen molar-refractivity contribution in [2.75, 3.05) is 36.0 Å². The highest BCUT2D eigenvalue weighted by atomic mass is 35.5. The van der Waals surface area contributed by atoms with E-state index in [1.807, 2.05) is 13.8 Å². The van der Waals surface area contributed by atoms with Crippen molar-refractivity contribution in [3.05, 3.63) is 70.0 Å². The number of halogens is 1. The number of carbonyl (C=O) groups is 2. The van der Waals surface area contributed by atoms with Gasteiger partial charge < -0.3 is 36.7 Å². The number of fused-ring (bicyclic) bond motifs is 2. The van der Waals surface area contributed by atoms with Crippen LogP contribution in [0.5, 0.6) is 0 Å². The molecule has 2 unspecified atom stereocenters. The van der Waals surface area contributed by atoms with Gasteiger partial charge in [-0.05, 0) is 50.1 Å². The molecule has 3 aromatic rings. The van der Waals surface area contributed by atoms with E-state index in [0.29, 0.717) is 28.2 Å². The molecule has 222 valence electrons. The van der Waals surface area contributed by atoms with E-state index < -0.39 is 18.1 Å². The Morgan fingerprint density at radius 3 is 2.70 bits per heavy atom. The third-order valence-electron chi connectivity index (χ3n) is 7.78. The molecule has 7 N–H and O–H groups in total. The molecule has 1 aromatic carbocycles. The average molecular weight is 602 g/mol. The quantitative estimate of drug-likeness (QED) is 0.140. The van der Waals surface area contributed by atoms with Crippen LogP contribution in [0.15, 0.2) is 37.1 Å². The first-order chi connectivity index (χ1) is 20.5. The molecular formula is C30H32ClN9O3. The molecule has 2 aliphatic rings. The molecule has 2 aliphatic heterocycles. The van der Waals surface area contributed by atoms with Crippen molar-refractivity contribution in [1.82, 2.24) is 19.8 Å². The van der Waals surface area contributed by atoms with E-state index in [2.05, 4.69) is 22.2 Å². The highest BCUT2D eigenvalue weighted by Gasteiger charge is 2.41. The van der Waals surface area contributed by atoms with Crippen LogP contribution < -0.4 is 16.4 Å². The first-order valence-electron chi connectivity index (χ1n) is 13.6. The number of amidine groups is 1. The Kier molecular flexibility index (Phi) is 7.91. The summed E-state index contributed by atoms with van der Waals surface area (Å²) in [5, 5.41) is 34.1. The maximum Gasteiger partial charge on any atom is 0.249 e. The Labute approximate surface area is 253 Å². The number of nitrogen functional groups attached to an aromatic ring is 1. The third kappa shape index (κ3) is 5.08. The van der Waals surface area contributed by atoms with Crippen LogP contribution in [0.2, 0.25) is 5.02 Å². The number of aryl methyl sites for hydroxylation is 2. The lowest BCUT2D eigenvalue weighted by Crippen LogP contribution is -2.59. The first kappa shape index (κ1) is 29.7. The van der Waals surface area contributed by atoms with E-state index in [4.69, 9.17) is 27.7 Å². The summed E-state index contributed by atoms with van der Waals surface area (Å²) >= 11 is 7.04. The van der Waals surface area contributed by atoms with Crippen LogP contribution in [-0.4, -0.2) is 74.4 Å². The zero-order chi connectivity index (χ0) is 31.2. The number of anilines is 4. The van der Waals surface area contributed by atoms with E-state index in [1.165, 1.54) is 11.0 Å². The number of pyridine rings is 2. The predicted molar refractivity (Wildman–Crippen MR) is 167 cm³/mol. The van der Waals surface area contributed by atoms with Crippen LogP contribution in [0.3, 0.4) is 0 Å². The van der Waals surface area contributed by atoms with Crippen molar-refractivity contribution in [2.24, 2.45) is 0 Å². The van der Waals surface area contributed by atoms with Crippen LogP contribution in [0.25, 0.3) is 11.3 Å². The Balaban J connectivity index is 1.78. The van der Waals surface area contributed by atoms with E-state index in [9.17, 15) is 20.1 Å². The van der Waals surface area contributed by atoms with Crippen LogP contribution >= 0.6 is 11.6 Å². The fraction of sp³-hybridized carbons (Fsp3) is 0.267.